The minimum atomic E-state index is -0.474. The van der Waals surface area contributed by atoms with Crippen molar-refractivity contribution in [2.45, 2.75) is 11.8 Å². The second-order valence-electron chi connectivity index (χ2n) is 3.67. The van der Waals surface area contributed by atoms with Crippen LogP contribution in [0.1, 0.15) is 17.3 Å². The molecule has 1 aromatic heterocycles. The van der Waals surface area contributed by atoms with Gasteiger partial charge in [-0.15, -0.1) is 0 Å². The van der Waals surface area contributed by atoms with E-state index >= 15 is 0 Å². The van der Waals surface area contributed by atoms with Gasteiger partial charge in [0.1, 0.15) is 0 Å². The molecule has 0 aliphatic heterocycles. The van der Waals surface area contributed by atoms with E-state index in [2.05, 4.69) is 20.9 Å². The highest BCUT2D eigenvalue weighted by Crippen LogP contribution is 2.25. The van der Waals surface area contributed by atoms with Gasteiger partial charge in [0, 0.05) is 34.8 Å². The molecule has 1 N–H and O–H groups in total. The minimum Gasteiger partial charge on any atom is -0.360 e. The summed E-state index contributed by atoms with van der Waals surface area (Å²) in [6.07, 6.45) is 1.58. The first-order valence-corrected chi connectivity index (χ1v) is 5.86. The molecule has 5 nitrogen and oxygen atoms in total. The van der Waals surface area contributed by atoms with E-state index in [0.717, 1.165) is 0 Å². The Labute approximate surface area is 105 Å². The van der Waals surface area contributed by atoms with E-state index in [9.17, 15) is 14.9 Å². The van der Waals surface area contributed by atoms with E-state index in [4.69, 9.17) is 0 Å². The molecular weight excluding hydrogens is 288 g/mol. The number of carbonyl (C=O) groups is 1. The quantitative estimate of drug-likeness (QED) is 0.409. The van der Waals surface area contributed by atoms with Crippen LogP contribution < -0.4 is 0 Å². The lowest BCUT2D eigenvalue weighted by atomic mass is 10.1. The second-order valence-corrected chi connectivity index (χ2v) is 5.04. The molecule has 1 aromatic carbocycles. The molecule has 0 radical (unpaired) electrons. The summed E-state index contributed by atoms with van der Waals surface area (Å²) in [5.41, 5.74) is 1.16. The van der Waals surface area contributed by atoms with Crippen LogP contribution >= 0.6 is 15.9 Å². The smallest absolute Gasteiger partial charge is 0.270 e. The predicted molar refractivity (Wildman–Crippen MR) is 67.7 cm³/mol. The fraction of sp³-hybridized carbons (Fsp3) is 0.182. The number of nitro benzene ring substituents is 1. The van der Waals surface area contributed by atoms with Gasteiger partial charge in [-0.2, -0.15) is 0 Å². The molecule has 0 amide bonds. The maximum Gasteiger partial charge on any atom is 0.270 e. The molecule has 0 aliphatic rings. The molecule has 2 aromatic rings. The third-order valence-electron chi connectivity index (χ3n) is 2.50. The van der Waals surface area contributed by atoms with Crippen LogP contribution in [0.3, 0.4) is 0 Å². The van der Waals surface area contributed by atoms with Crippen LogP contribution in [-0.4, -0.2) is 20.5 Å². The van der Waals surface area contributed by atoms with E-state index in [0.29, 0.717) is 16.5 Å². The highest BCUT2D eigenvalue weighted by atomic mass is 79.9. The van der Waals surface area contributed by atoms with Crippen molar-refractivity contribution in [3.8, 4) is 0 Å². The minimum absolute atomic E-state index is 0.0200. The summed E-state index contributed by atoms with van der Waals surface area (Å²) in [6.45, 7) is 1.72. The van der Waals surface area contributed by atoms with Crippen molar-refractivity contribution in [1.82, 2.24) is 4.98 Å². The van der Waals surface area contributed by atoms with Crippen LogP contribution in [0.25, 0.3) is 10.9 Å². The van der Waals surface area contributed by atoms with E-state index in [1.807, 2.05) is 0 Å². The number of nitrogens with zero attached hydrogens (tertiary/aromatic N) is 1. The molecule has 0 spiro atoms. The molecule has 1 heterocycles. The fourth-order valence-corrected chi connectivity index (χ4v) is 1.89. The maximum absolute atomic E-state index is 11.9. The van der Waals surface area contributed by atoms with Crippen molar-refractivity contribution >= 4 is 38.3 Å². The zero-order valence-corrected chi connectivity index (χ0v) is 10.5. The first-order chi connectivity index (χ1) is 8.00. The third kappa shape index (κ3) is 2.08. The number of halogens is 1. The Balaban J connectivity index is 2.62. The van der Waals surface area contributed by atoms with Crippen LogP contribution in [0.5, 0.6) is 0 Å². The molecule has 1 atom stereocenters. The lowest BCUT2D eigenvalue weighted by Gasteiger charge is -2.00. The molecule has 0 fully saturated rings. The van der Waals surface area contributed by atoms with E-state index in [1.165, 1.54) is 12.1 Å². The Morgan fingerprint density at radius 2 is 2.24 bits per heavy atom. The highest BCUT2D eigenvalue weighted by Gasteiger charge is 2.18. The topological polar surface area (TPSA) is 76.0 Å². The lowest BCUT2D eigenvalue weighted by Crippen LogP contribution is -2.09. The van der Waals surface area contributed by atoms with Crippen molar-refractivity contribution in [2.24, 2.45) is 0 Å². The Hall–Kier alpha value is -1.69. The molecule has 2 rings (SSSR count). The Morgan fingerprint density at radius 1 is 1.53 bits per heavy atom. The number of benzene rings is 1. The summed E-state index contributed by atoms with van der Waals surface area (Å²) in [7, 11) is 0. The number of hydrogen-bond donors (Lipinski definition) is 1. The molecule has 0 bridgehead atoms. The number of Topliss-reactive ketones (excluding diaryl/α,β-unsaturated/α-hetero) is 1. The summed E-state index contributed by atoms with van der Waals surface area (Å²) in [5, 5.41) is 11.3. The number of hydrogen-bond acceptors (Lipinski definition) is 3. The van der Waals surface area contributed by atoms with Crippen LogP contribution in [0.4, 0.5) is 5.69 Å². The summed E-state index contributed by atoms with van der Waals surface area (Å²) >= 11 is 3.20. The van der Waals surface area contributed by atoms with Crippen LogP contribution in [0.2, 0.25) is 0 Å². The maximum atomic E-state index is 11.9. The van der Waals surface area contributed by atoms with Crippen molar-refractivity contribution < 1.29 is 9.72 Å². The van der Waals surface area contributed by atoms with E-state index < -0.39 is 4.92 Å². The zero-order chi connectivity index (χ0) is 12.6. The van der Waals surface area contributed by atoms with Gasteiger partial charge in [0.15, 0.2) is 5.78 Å². The van der Waals surface area contributed by atoms with Crippen molar-refractivity contribution in [3.63, 3.8) is 0 Å². The predicted octanol–water partition coefficient (Wildman–Crippen LogP) is 3.04. The SMILES string of the molecule is CC(Br)C(=O)c1c[nH]c2ccc([N+](=O)[O-])cc12. The first-order valence-electron chi connectivity index (χ1n) is 4.94. The number of nitro groups is 1. The summed E-state index contributed by atoms with van der Waals surface area (Å²) in [6, 6.07) is 4.42. The van der Waals surface area contributed by atoms with Crippen molar-refractivity contribution in [1.29, 1.82) is 0 Å². The average molecular weight is 297 g/mol. The average Bonchev–Trinajstić information content (AvgIpc) is 2.70. The van der Waals surface area contributed by atoms with E-state index in [-0.39, 0.29) is 16.3 Å². The molecule has 0 saturated carbocycles. The Bertz CT molecular complexity index is 604. The zero-order valence-electron chi connectivity index (χ0n) is 8.94. The van der Waals surface area contributed by atoms with Gasteiger partial charge in [-0.25, -0.2) is 0 Å². The summed E-state index contributed by atoms with van der Waals surface area (Å²) in [5.74, 6) is -0.100. The van der Waals surface area contributed by atoms with Gasteiger partial charge in [-0.3, -0.25) is 14.9 Å². The van der Waals surface area contributed by atoms with E-state index in [1.54, 1.807) is 19.2 Å². The number of rotatable bonds is 3. The van der Waals surface area contributed by atoms with Crippen LogP contribution in [-0.2, 0) is 0 Å². The molecule has 88 valence electrons. The number of non-ortho nitro benzene ring substituents is 1. The highest BCUT2D eigenvalue weighted by molar-refractivity contribution is 9.10. The molecule has 17 heavy (non-hydrogen) atoms. The fourth-order valence-electron chi connectivity index (χ4n) is 1.64. The Morgan fingerprint density at radius 3 is 2.82 bits per heavy atom. The van der Waals surface area contributed by atoms with Gasteiger partial charge < -0.3 is 4.98 Å². The largest absolute Gasteiger partial charge is 0.360 e. The number of ketones is 1. The number of alkyl halides is 1. The lowest BCUT2D eigenvalue weighted by molar-refractivity contribution is -0.384. The van der Waals surface area contributed by atoms with Gasteiger partial charge in [0.2, 0.25) is 0 Å². The van der Waals surface area contributed by atoms with Gasteiger partial charge >= 0.3 is 0 Å². The van der Waals surface area contributed by atoms with Crippen LogP contribution in [0, 0.1) is 10.1 Å². The summed E-state index contributed by atoms with van der Waals surface area (Å²) in [4.78, 5) is 24.7. The van der Waals surface area contributed by atoms with Gasteiger partial charge in [-0.05, 0) is 13.0 Å². The van der Waals surface area contributed by atoms with Gasteiger partial charge in [-0.1, -0.05) is 15.9 Å². The number of fused-ring (bicyclic) bond motifs is 1. The first kappa shape index (κ1) is 11.8. The standard InChI is InChI=1S/C11H9BrN2O3/c1-6(12)11(15)9-5-13-10-3-2-7(14(16)17)4-8(9)10/h2-6,13H,1H3. The molecule has 6 heteroatoms. The number of aromatic amines is 1. The number of nitrogens with one attached hydrogen (secondary N) is 1. The van der Waals surface area contributed by atoms with Crippen molar-refractivity contribution in [3.05, 3.63) is 40.1 Å². The Kier molecular flexibility index (Phi) is 2.97. The number of aromatic nitrogens is 1. The van der Waals surface area contributed by atoms with Crippen molar-refractivity contribution in [2.75, 3.05) is 0 Å². The number of H-pyrrole nitrogens is 1. The molecule has 0 aliphatic carbocycles. The van der Waals surface area contributed by atoms with Crippen LogP contribution in [0.15, 0.2) is 24.4 Å². The number of carbonyl (C=O) groups excluding carboxylic acids is 1. The van der Waals surface area contributed by atoms with Gasteiger partial charge in [0.05, 0.1) is 9.75 Å². The normalized spacial score (nSPS) is 12.6. The molecule has 0 saturated heterocycles. The molecule has 1 unspecified atom stereocenters. The third-order valence-corrected chi connectivity index (χ3v) is 2.92. The second kappa shape index (κ2) is 4.29. The summed E-state index contributed by atoms with van der Waals surface area (Å²) < 4.78 is 0. The monoisotopic (exact) mass is 296 g/mol. The van der Waals surface area contributed by atoms with Gasteiger partial charge in [0.25, 0.3) is 5.69 Å². The molecular formula is C11H9BrN2O3.